The van der Waals surface area contributed by atoms with Crippen LogP contribution >= 0.6 is 0 Å². The standard InChI is InChI=1S/C15H24N2/c1-12-5-3-6-13(2)17(12)11-15-8-4-7-14(9-15)10-16/h4,7-9,12-13H,3,5-6,10-11,16H2,1-2H3. The first-order chi connectivity index (χ1) is 8.20. The summed E-state index contributed by atoms with van der Waals surface area (Å²) in [7, 11) is 0. The summed E-state index contributed by atoms with van der Waals surface area (Å²) in [5.41, 5.74) is 8.33. The van der Waals surface area contributed by atoms with Crippen molar-refractivity contribution >= 4 is 0 Å². The number of nitrogens with two attached hydrogens (primary N) is 1. The lowest BCUT2D eigenvalue weighted by Gasteiger charge is -2.39. The van der Waals surface area contributed by atoms with Gasteiger partial charge in [-0.15, -0.1) is 0 Å². The molecule has 0 bridgehead atoms. The Bertz CT molecular complexity index is 352. The first kappa shape index (κ1) is 12.6. The molecular weight excluding hydrogens is 208 g/mol. The highest BCUT2D eigenvalue weighted by molar-refractivity contribution is 5.23. The number of hydrogen-bond acceptors (Lipinski definition) is 2. The molecule has 2 rings (SSSR count). The first-order valence-corrected chi connectivity index (χ1v) is 6.74. The van der Waals surface area contributed by atoms with Crippen LogP contribution in [0.4, 0.5) is 0 Å². The van der Waals surface area contributed by atoms with Gasteiger partial charge in [-0.25, -0.2) is 0 Å². The van der Waals surface area contributed by atoms with E-state index >= 15 is 0 Å². The van der Waals surface area contributed by atoms with Gasteiger partial charge in [0.25, 0.3) is 0 Å². The van der Waals surface area contributed by atoms with Crippen molar-refractivity contribution in [3.05, 3.63) is 35.4 Å². The lowest BCUT2D eigenvalue weighted by molar-refractivity contribution is 0.0952. The van der Waals surface area contributed by atoms with Crippen LogP contribution in [-0.2, 0) is 13.1 Å². The molecule has 2 unspecified atom stereocenters. The van der Waals surface area contributed by atoms with E-state index in [2.05, 4.69) is 43.0 Å². The lowest BCUT2D eigenvalue weighted by Crippen LogP contribution is -2.42. The number of rotatable bonds is 3. The molecule has 1 fully saturated rings. The SMILES string of the molecule is CC1CCCC(C)N1Cc1cccc(CN)c1. The Morgan fingerprint density at radius 2 is 1.82 bits per heavy atom. The molecule has 1 aromatic rings. The summed E-state index contributed by atoms with van der Waals surface area (Å²) in [5.74, 6) is 0. The van der Waals surface area contributed by atoms with Gasteiger partial charge in [0.05, 0.1) is 0 Å². The Kier molecular flexibility index (Phi) is 4.19. The summed E-state index contributed by atoms with van der Waals surface area (Å²) in [6.07, 6.45) is 4.05. The molecule has 2 nitrogen and oxygen atoms in total. The minimum absolute atomic E-state index is 0.638. The summed E-state index contributed by atoms with van der Waals surface area (Å²) in [6, 6.07) is 10.1. The molecule has 2 N–H and O–H groups in total. The van der Waals surface area contributed by atoms with Gasteiger partial charge >= 0.3 is 0 Å². The van der Waals surface area contributed by atoms with E-state index in [0.717, 1.165) is 6.54 Å². The molecule has 0 aromatic heterocycles. The molecule has 1 aliphatic rings. The van der Waals surface area contributed by atoms with Crippen LogP contribution in [0, 0.1) is 0 Å². The number of hydrogen-bond donors (Lipinski definition) is 1. The maximum atomic E-state index is 5.69. The van der Waals surface area contributed by atoms with E-state index in [4.69, 9.17) is 5.73 Å². The molecule has 2 atom stereocenters. The van der Waals surface area contributed by atoms with Gasteiger partial charge < -0.3 is 5.73 Å². The van der Waals surface area contributed by atoms with Crippen molar-refractivity contribution in [2.75, 3.05) is 0 Å². The number of likely N-dealkylation sites (tertiary alicyclic amines) is 1. The number of nitrogens with zero attached hydrogens (tertiary/aromatic N) is 1. The quantitative estimate of drug-likeness (QED) is 0.868. The highest BCUT2D eigenvalue weighted by Gasteiger charge is 2.24. The van der Waals surface area contributed by atoms with Gasteiger partial charge in [0.2, 0.25) is 0 Å². The smallest absolute Gasteiger partial charge is 0.0239 e. The molecule has 1 aliphatic heterocycles. The fourth-order valence-electron chi connectivity index (χ4n) is 2.85. The summed E-state index contributed by atoms with van der Waals surface area (Å²) in [4.78, 5) is 2.62. The highest BCUT2D eigenvalue weighted by Crippen LogP contribution is 2.24. The van der Waals surface area contributed by atoms with Crippen molar-refractivity contribution in [1.82, 2.24) is 4.90 Å². The second-order valence-corrected chi connectivity index (χ2v) is 5.33. The summed E-state index contributed by atoms with van der Waals surface area (Å²) < 4.78 is 0. The Morgan fingerprint density at radius 1 is 1.18 bits per heavy atom. The third-order valence-corrected chi connectivity index (χ3v) is 3.97. The fourth-order valence-corrected chi connectivity index (χ4v) is 2.85. The van der Waals surface area contributed by atoms with Crippen molar-refractivity contribution in [2.45, 2.75) is 58.3 Å². The van der Waals surface area contributed by atoms with Gasteiger partial charge in [-0.3, -0.25) is 4.90 Å². The monoisotopic (exact) mass is 232 g/mol. The molecule has 17 heavy (non-hydrogen) atoms. The average molecular weight is 232 g/mol. The van der Waals surface area contributed by atoms with Crippen molar-refractivity contribution in [3.63, 3.8) is 0 Å². The second-order valence-electron chi connectivity index (χ2n) is 5.33. The predicted molar refractivity (Wildman–Crippen MR) is 72.7 cm³/mol. The van der Waals surface area contributed by atoms with Crippen LogP contribution in [0.1, 0.15) is 44.2 Å². The number of benzene rings is 1. The molecule has 0 spiro atoms. The molecule has 94 valence electrons. The van der Waals surface area contributed by atoms with Gasteiger partial charge in [-0.05, 0) is 37.8 Å². The van der Waals surface area contributed by atoms with E-state index in [1.54, 1.807) is 0 Å². The average Bonchev–Trinajstić information content (AvgIpc) is 2.34. The zero-order valence-corrected chi connectivity index (χ0v) is 11.0. The molecule has 2 heteroatoms. The maximum absolute atomic E-state index is 5.69. The van der Waals surface area contributed by atoms with E-state index in [1.165, 1.54) is 30.4 Å². The highest BCUT2D eigenvalue weighted by atomic mass is 15.2. The Balaban J connectivity index is 2.07. The molecule has 1 aromatic carbocycles. The zero-order valence-electron chi connectivity index (χ0n) is 11.0. The summed E-state index contributed by atoms with van der Waals surface area (Å²) >= 11 is 0. The summed E-state index contributed by atoms with van der Waals surface area (Å²) in [5, 5.41) is 0. The third-order valence-electron chi connectivity index (χ3n) is 3.97. The second kappa shape index (κ2) is 5.65. The molecule has 1 heterocycles. The summed E-state index contributed by atoms with van der Waals surface area (Å²) in [6.45, 7) is 6.40. The van der Waals surface area contributed by atoms with E-state index < -0.39 is 0 Å². The minimum Gasteiger partial charge on any atom is -0.326 e. The predicted octanol–water partition coefficient (Wildman–Crippen LogP) is 2.91. The molecule has 0 saturated carbocycles. The zero-order chi connectivity index (χ0) is 12.3. The van der Waals surface area contributed by atoms with Crippen molar-refractivity contribution in [1.29, 1.82) is 0 Å². The van der Waals surface area contributed by atoms with Crippen LogP contribution in [0.5, 0.6) is 0 Å². The van der Waals surface area contributed by atoms with E-state index in [-0.39, 0.29) is 0 Å². The molecule has 0 radical (unpaired) electrons. The fraction of sp³-hybridized carbons (Fsp3) is 0.600. The van der Waals surface area contributed by atoms with Crippen molar-refractivity contribution in [3.8, 4) is 0 Å². The normalized spacial score (nSPS) is 26.1. The lowest BCUT2D eigenvalue weighted by atomic mass is 9.96. The van der Waals surface area contributed by atoms with Crippen molar-refractivity contribution < 1.29 is 0 Å². The Hall–Kier alpha value is -0.860. The topological polar surface area (TPSA) is 29.3 Å². The van der Waals surface area contributed by atoms with Gasteiger partial charge in [-0.1, -0.05) is 30.7 Å². The largest absolute Gasteiger partial charge is 0.326 e. The van der Waals surface area contributed by atoms with Crippen LogP contribution in [0.2, 0.25) is 0 Å². The van der Waals surface area contributed by atoms with Gasteiger partial charge in [0.15, 0.2) is 0 Å². The van der Waals surface area contributed by atoms with E-state index in [1.807, 2.05) is 0 Å². The Labute approximate surface area is 105 Å². The van der Waals surface area contributed by atoms with E-state index in [0.29, 0.717) is 18.6 Å². The minimum atomic E-state index is 0.638. The van der Waals surface area contributed by atoms with Gasteiger partial charge in [-0.2, -0.15) is 0 Å². The number of piperidine rings is 1. The van der Waals surface area contributed by atoms with Crippen LogP contribution in [-0.4, -0.2) is 17.0 Å². The van der Waals surface area contributed by atoms with Crippen LogP contribution < -0.4 is 5.73 Å². The van der Waals surface area contributed by atoms with Gasteiger partial charge in [0.1, 0.15) is 0 Å². The molecule has 1 saturated heterocycles. The maximum Gasteiger partial charge on any atom is 0.0239 e. The van der Waals surface area contributed by atoms with Crippen molar-refractivity contribution in [2.24, 2.45) is 5.73 Å². The first-order valence-electron chi connectivity index (χ1n) is 6.74. The van der Waals surface area contributed by atoms with Crippen LogP contribution in [0.25, 0.3) is 0 Å². The Morgan fingerprint density at radius 3 is 2.47 bits per heavy atom. The third kappa shape index (κ3) is 3.08. The van der Waals surface area contributed by atoms with E-state index in [9.17, 15) is 0 Å². The van der Waals surface area contributed by atoms with Gasteiger partial charge in [0, 0.05) is 25.2 Å². The van der Waals surface area contributed by atoms with Crippen LogP contribution in [0.3, 0.4) is 0 Å². The molecule has 0 aliphatic carbocycles. The molecule has 0 amide bonds. The molecular formula is C15H24N2. The van der Waals surface area contributed by atoms with Crippen LogP contribution in [0.15, 0.2) is 24.3 Å².